The predicted molar refractivity (Wildman–Crippen MR) is 54.8 cm³/mol. The van der Waals surface area contributed by atoms with Gasteiger partial charge < -0.3 is 19.3 Å². The standard InChI is InChI=1S/C10H20O5/c1-13-5-6-15-8-10(12)4-3-9(11)7-14-2/h10,12H,3-8H2,1-2H3. The van der Waals surface area contributed by atoms with E-state index >= 15 is 0 Å². The summed E-state index contributed by atoms with van der Waals surface area (Å²) >= 11 is 0. The van der Waals surface area contributed by atoms with Crippen molar-refractivity contribution in [2.75, 3.05) is 40.6 Å². The molecule has 0 fully saturated rings. The molecule has 0 rings (SSSR count). The van der Waals surface area contributed by atoms with Crippen LogP contribution < -0.4 is 0 Å². The van der Waals surface area contributed by atoms with Crippen molar-refractivity contribution < 1.29 is 24.1 Å². The van der Waals surface area contributed by atoms with Gasteiger partial charge in [-0.1, -0.05) is 0 Å². The van der Waals surface area contributed by atoms with Gasteiger partial charge >= 0.3 is 0 Å². The molecule has 0 bridgehead atoms. The van der Waals surface area contributed by atoms with Crippen LogP contribution in [0.3, 0.4) is 0 Å². The molecule has 0 aromatic carbocycles. The molecule has 1 unspecified atom stereocenters. The number of Topliss-reactive ketones (excluding diaryl/α,β-unsaturated/α-hetero) is 1. The summed E-state index contributed by atoms with van der Waals surface area (Å²) < 4.78 is 14.6. The van der Waals surface area contributed by atoms with Crippen LogP contribution in [0.25, 0.3) is 0 Å². The topological polar surface area (TPSA) is 65.0 Å². The van der Waals surface area contributed by atoms with Crippen molar-refractivity contribution in [3.8, 4) is 0 Å². The third-order valence-electron chi connectivity index (χ3n) is 1.80. The summed E-state index contributed by atoms with van der Waals surface area (Å²) in [6.07, 6.45) is 0.139. The lowest BCUT2D eigenvalue weighted by Crippen LogP contribution is -2.19. The zero-order valence-corrected chi connectivity index (χ0v) is 9.40. The van der Waals surface area contributed by atoms with Crippen molar-refractivity contribution >= 4 is 5.78 Å². The van der Waals surface area contributed by atoms with E-state index in [9.17, 15) is 9.90 Å². The molecule has 0 saturated carbocycles. The Bertz CT molecular complexity index is 160. The number of methoxy groups -OCH3 is 2. The lowest BCUT2D eigenvalue weighted by Gasteiger charge is -2.10. The molecule has 0 amide bonds. The van der Waals surface area contributed by atoms with Crippen LogP contribution >= 0.6 is 0 Å². The highest BCUT2D eigenvalue weighted by molar-refractivity contribution is 5.79. The molecule has 0 aromatic heterocycles. The van der Waals surface area contributed by atoms with Crippen LogP contribution in [0.5, 0.6) is 0 Å². The second kappa shape index (κ2) is 10.0. The van der Waals surface area contributed by atoms with Crippen LogP contribution in [0.4, 0.5) is 0 Å². The van der Waals surface area contributed by atoms with Gasteiger partial charge in [0.25, 0.3) is 0 Å². The first-order chi connectivity index (χ1) is 7.20. The molecule has 0 aromatic rings. The minimum atomic E-state index is -0.595. The maximum Gasteiger partial charge on any atom is 0.158 e. The van der Waals surface area contributed by atoms with Gasteiger partial charge in [0.2, 0.25) is 0 Å². The van der Waals surface area contributed by atoms with Gasteiger partial charge in [0, 0.05) is 20.6 Å². The number of hydrogen-bond donors (Lipinski definition) is 1. The highest BCUT2D eigenvalue weighted by atomic mass is 16.5. The average molecular weight is 220 g/mol. The summed E-state index contributed by atoms with van der Waals surface area (Å²) in [7, 11) is 3.06. The highest BCUT2D eigenvalue weighted by Crippen LogP contribution is 1.99. The van der Waals surface area contributed by atoms with Crippen LogP contribution in [-0.4, -0.2) is 57.6 Å². The summed E-state index contributed by atoms with van der Waals surface area (Å²) in [6.45, 7) is 1.32. The van der Waals surface area contributed by atoms with Gasteiger partial charge in [0.1, 0.15) is 6.61 Å². The lowest BCUT2D eigenvalue weighted by molar-refractivity contribution is -0.123. The number of aliphatic hydroxyl groups excluding tert-OH is 1. The Morgan fingerprint density at radius 1 is 1.27 bits per heavy atom. The number of aliphatic hydroxyl groups is 1. The van der Waals surface area contributed by atoms with Crippen LogP contribution in [0.2, 0.25) is 0 Å². The first-order valence-electron chi connectivity index (χ1n) is 4.96. The molecule has 0 aliphatic heterocycles. The number of carbonyl (C=O) groups is 1. The molecule has 1 atom stereocenters. The number of ketones is 1. The Morgan fingerprint density at radius 3 is 2.60 bits per heavy atom. The van der Waals surface area contributed by atoms with Crippen molar-refractivity contribution in [1.29, 1.82) is 0 Å². The Labute approximate surface area is 90.3 Å². The van der Waals surface area contributed by atoms with Gasteiger partial charge in [-0.25, -0.2) is 0 Å². The summed E-state index contributed by atoms with van der Waals surface area (Å²) in [6, 6.07) is 0. The van der Waals surface area contributed by atoms with E-state index in [2.05, 4.69) is 4.74 Å². The van der Waals surface area contributed by atoms with Gasteiger partial charge in [0.05, 0.1) is 25.9 Å². The molecule has 0 aliphatic rings. The van der Waals surface area contributed by atoms with Crippen molar-refractivity contribution in [1.82, 2.24) is 0 Å². The molecule has 0 saturated heterocycles. The van der Waals surface area contributed by atoms with E-state index in [4.69, 9.17) is 9.47 Å². The zero-order valence-electron chi connectivity index (χ0n) is 9.40. The largest absolute Gasteiger partial charge is 0.391 e. The van der Waals surface area contributed by atoms with E-state index < -0.39 is 6.10 Å². The Kier molecular flexibility index (Phi) is 9.71. The van der Waals surface area contributed by atoms with E-state index in [-0.39, 0.29) is 19.0 Å². The van der Waals surface area contributed by atoms with Crippen molar-refractivity contribution in [3.05, 3.63) is 0 Å². The van der Waals surface area contributed by atoms with Gasteiger partial charge in [-0.15, -0.1) is 0 Å². The number of rotatable bonds is 10. The molecule has 0 heterocycles. The molecular weight excluding hydrogens is 200 g/mol. The molecule has 0 radical (unpaired) electrons. The molecule has 5 nitrogen and oxygen atoms in total. The number of ether oxygens (including phenoxy) is 3. The Hall–Kier alpha value is -0.490. The normalized spacial score (nSPS) is 12.7. The van der Waals surface area contributed by atoms with E-state index in [0.29, 0.717) is 26.1 Å². The molecule has 0 spiro atoms. The molecule has 1 N–H and O–H groups in total. The summed E-state index contributed by atoms with van der Waals surface area (Å²) in [5, 5.41) is 9.41. The first-order valence-corrected chi connectivity index (χ1v) is 4.96. The SMILES string of the molecule is COCCOCC(O)CCC(=O)COC. The minimum Gasteiger partial charge on any atom is -0.391 e. The Morgan fingerprint density at radius 2 is 2.00 bits per heavy atom. The van der Waals surface area contributed by atoms with Gasteiger partial charge in [-0.05, 0) is 6.42 Å². The third-order valence-corrected chi connectivity index (χ3v) is 1.80. The van der Waals surface area contributed by atoms with Crippen molar-refractivity contribution in [3.63, 3.8) is 0 Å². The fraction of sp³-hybridized carbons (Fsp3) is 0.900. The highest BCUT2D eigenvalue weighted by Gasteiger charge is 2.08. The van der Waals surface area contributed by atoms with E-state index in [1.54, 1.807) is 7.11 Å². The minimum absolute atomic E-state index is 0.00607. The maximum atomic E-state index is 11.0. The second-order valence-corrected chi connectivity index (χ2v) is 3.23. The average Bonchev–Trinajstić information content (AvgIpc) is 2.22. The van der Waals surface area contributed by atoms with E-state index in [0.717, 1.165) is 0 Å². The van der Waals surface area contributed by atoms with Crippen LogP contribution in [0.15, 0.2) is 0 Å². The van der Waals surface area contributed by atoms with Crippen LogP contribution in [0, 0.1) is 0 Å². The number of hydrogen-bond acceptors (Lipinski definition) is 5. The van der Waals surface area contributed by atoms with Crippen molar-refractivity contribution in [2.24, 2.45) is 0 Å². The summed E-state index contributed by atoms with van der Waals surface area (Å²) in [4.78, 5) is 11.0. The predicted octanol–water partition coefficient (Wildman–Crippen LogP) is 0.00600. The number of carbonyl (C=O) groups excluding carboxylic acids is 1. The molecule has 15 heavy (non-hydrogen) atoms. The van der Waals surface area contributed by atoms with Gasteiger partial charge in [-0.2, -0.15) is 0 Å². The second-order valence-electron chi connectivity index (χ2n) is 3.23. The summed E-state index contributed by atoms with van der Waals surface area (Å²) in [5.74, 6) is -0.00607. The third kappa shape index (κ3) is 9.81. The quantitative estimate of drug-likeness (QED) is 0.525. The molecular formula is C10H20O5. The lowest BCUT2D eigenvalue weighted by atomic mass is 10.1. The smallest absolute Gasteiger partial charge is 0.158 e. The Balaban J connectivity index is 3.32. The molecule has 90 valence electrons. The fourth-order valence-corrected chi connectivity index (χ4v) is 1.01. The monoisotopic (exact) mass is 220 g/mol. The van der Waals surface area contributed by atoms with Crippen LogP contribution in [0.1, 0.15) is 12.8 Å². The maximum absolute atomic E-state index is 11.0. The van der Waals surface area contributed by atoms with E-state index in [1.165, 1.54) is 7.11 Å². The van der Waals surface area contributed by atoms with Crippen LogP contribution in [-0.2, 0) is 19.0 Å². The van der Waals surface area contributed by atoms with Gasteiger partial charge in [-0.3, -0.25) is 4.79 Å². The van der Waals surface area contributed by atoms with E-state index in [1.807, 2.05) is 0 Å². The fourth-order valence-electron chi connectivity index (χ4n) is 1.01. The van der Waals surface area contributed by atoms with Crippen molar-refractivity contribution in [2.45, 2.75) is 18.9 Å². The summed E-state index contributed by atoms with van der Waals surface area (Å²) in [5.41, 5.74) is 0. The van der Waals surface area contributed by atoms with Gasteiger partial charge in [0.15, 0.2) is 5.78 Å². The molecule has 0 aliphatic carbocycles. The molecule has 5 heteroatoms. The first kappa shape index (κ1) is 14.5. The zero-order chi connectivity index (χ0) is 11.5.